The van der Waals surface area contributed by atoms with Crippen LogP contribution < -0.4 is 11.1 Å². The maximum absolute atomic E-state index is 5.98. The molecule has 0 aliphatic carbocycles. The molecule has 1 rings (SSSR count). The standard InChI is InChI=1S/C12H20N2/c1-10(12(2,3)13)14-9-11-7-5-4-6-8-11/h4-8,10,14H,9,13H2,1-3H3. The molecule has 1 unspecified atom stereocenters. The molecule has 0 amide bonds. The van der Waals surface area contributed by atoms with Crippen LogP contribution in [0.4, 0.5) is 0 Å². The molecule has 0 spiro atoms. The summed E-state index contributed by atoms with van der Waals surface area (Å²) >= 11 is 0. The van der Waals surface area contributed by atoms with Crippen LogP contribution in [0.2, 0.25) is 0 Å². The summed E-state index contributed by atoms with van der Waals surface area (Å²) in [5.41, 5.74) is 7.10. The smallest absolute Gasteiger partial charge is 0.0250 e. The number of rotatable bonds is 4. The van der Waals surface area contributed by atoms with E-state index < -0.39 is 0 Å². The molecule has 0 aliphatic rings. The van der Waals surface area contributed by atoms with Crippen LogP contribution in [0, 0.1) is 0 Å². The van der Waals surface area contributed by atoms with Gasteiger partial charge in [-0.05, 0) is 26.3 Å². The van der Waals surface area contributed by atoms with Crippen molar-refractivity contribution in [3.63, 3.8) is 0 Å². The van der Waals surface area contributed by atoms with Gasteiger partial charge in [0.15, 0.2) is 0 Å². The first-order valence-electron chi connectivity index (χ1n) is 5.06. The van der Waals surface area contributed by atoms with Gasteiger partial charge in [-0.15, -0.1) is 0 Å². The topological polar surface area (TPSA) is 38.0 Å². The summed E-state index contributed by atoms with van der Waals surface area (Å²) in [6.45, 7) is 7.07. The fourth-order valence-corrected chi connectivity index (χ4v) is 1.13. The van der Waals surface area contributed by atoms with Gasteiger partial charge in [0.25, 0.3) is 0 Å². The Hall–Kier alpha value is -0.860. The number of nitrogens with one attached hydrogen (secondary N) is 1. The van der Waals surface area contributed by atoms with Gasteiger partial charge in [0.1, 0.15) is 0 Å². The molecule has 0 bridgehead atoms. The van der Waals surface area contributed by atoms with Gasteiger partial charge < -0.3 is 11.1 Å². The van der Waals surface area contributed by atoms with Crippen LogP contribution in [0.5, 0.6) is 0 Å². The van der Waals surface area contributed by atoms with E-state index in [1.807, 2.05) is 19.9 Å². The van der Waals surface area contributed by atoms with E-state index in [1.165, 1.54) is 5.56 Å². The molecule has 0 saturated heterocycles. The average Bonchev–Trinajstić information content (AvgIpc) is 2.14. The van der Waals surface area contributed by atoms with Crippen LogP contribution in [0.25, 0.3) is 0 Å². The molecule has 2 nitrogen and oxygen atoms in total. The molecular weight excluding hydrogens is 172 g/mol. The fraction of sp³-hybridized carbons (Fsp3) is 0.500. The predicted octanol–water partition coefficient (Wildman–Crippen LogP) is 1.90. The lowest BCUT2D eigenvalue weighted by Gasteiger charge is -2.28. The molecule has 0 radical (unpaired) electrons. The van der Waals surface area contributed by atoms with E-state index in [1.54, 1.807) is 0 Å². The highest BCUT2D eigenvalue weighted by Crippen LogP contribution is 2.05. The molecule has 0 fully saturated rings. The summed E-state index contributed by atoms with van der Waals surface area (Å²) in [5.74, 6) is 0. The number of nitrogens with two attached hydrogens (primary N) is 1. The Bertz CT molecular complexity index is 261. The lowest BCUT2D eigenvalue weighted by molar-refractivity contribution is 0.362. The summed E-state index contributed by atoms with van der Waals surface area (Å²) in [5, 5.41) is 3.41. The number of hydrogen-bond donors (Lipinski definition) is 2. The Morgan fingerprint density at radius 2 is 1.86 bits per heavy atom. The Morgan fingerprint density at radius 1 is 1.29 bits per heavy atom. The van der Waals surface area contributed by atoms with E-state index in [0.29, 0.717) is 6.04 Å². The molecule has 0 heterocycles. The molecule has 3 N–H and O–H groups in total. The van der Waals surface area contributed by atoms with Gasteiger partial charge in [-0.1, -0.05) is 30.3 Å². The molecule has 1 aromatic rings. The molecule has 0 aromatic heterocycles. The normalized spacial score (nSPS) is 14.0. The van der Waals surface area contributed by atoms with Gasteiger partial charge >= 0.3 is 0 Å². The molecule has 1 atom stereocenters. The second kappa shape index (κ2) is 4.58. The SMILES string of the molecule is CC(NCc1ccccc1)C(C)(C)N. The van der Waals surface area contributed by atoms with Gasteiger partial charge in [0, 0.05) is 18.1 Å². The van der Waals surface area contributed by atoms with E-state index in [0.717, 1.165) is 6.54 Å². The minimum absolute atomic E-state index is 0.172. The Kier molecular flexibility index (Phi) is 3.67. The van der Waals surface area contributed by atoms with Gasteiger partial charge in [0.05, 0.1) is 0 Å². The van der Waals surface area contributed by atoms with Gasteiger partial charge in [0.2, 0.25) is 0 Å². The number of hydrogen-bond acceptors (Lipinski definition) is 2. The van der Waals surface area contributed by atoms with E-state index in [4.69, 9.17) is 5.73 Å². The molecule has 14 heavy (non-hydrogen) atoms. The minimum Gasteiger partial charge on any atom is -0.324 e. The number of benzene rings is 1. The quantitative estimate of drug-likeness (QED) is 0.764. The van der Waals surface area contributed by atoms with E-state index in [-0.39, 0.29) is 5.54 Å². The van der Waals surface area contributed by atoms with Crippen molar-refractivity contribution >= 4 is 0 Å². The second-order valence-corrected chi connectivity index (χ2v) is 4.41. The third-order valence-electron chi connectivity index (χ3n) is 2.57. The average molecular weight is 192 g/mol. The highest BCUT2D eigenvalue weighted by Gasteiger charge is 2.19. The first-order valence-corrected chi connectivity index (χ1v) is 5.06. The van der Waals surface area contributed by atoms with Crippen LogP contribution in [0.1, 0.15) is 26.3 Å². The zero-order chi connectivity index (χ0) is 10.6. The maximum Gasteiger partial charge on any atom is 0.0250 e. The van der Waals surface area contributed by atoms with Gasteiger partial charge in [-0.25, -0.2) is 0 Å². The Balaban J connectivity index is 2.42. The van der Waals surface area contributed by atoms with Crippen molar-refractivity contribution in [3.05, 3.63) is 35.9 Å². The van der Waals surface area contributed by atoms with Crippen molar-refractivity contribution < 1.29 is 0 Å². The zero-order valence-electron chi connectivity index (χ0n) is 9.25. The van der Waals surface area contributed by atoms with Crippen LogP contribution >= 0.6 is 0 Å². The first-order chi connectivity index (χ1) is 6.50. The molecular formula is C12H20N2. The monoisotopic (exact) mass is 192 g/mol. The van der Waals surface area contributed by atoms with Gasteiger partial charge in [-0.3, -0.25) is 0 Å². The third-order valence-corrected chi connectivity index (χ3v) is 2.57. The van der Waals surface area contributed by atoms with Crippen LogP contribution in [-0.2, 0) is 6.54 Å². The summed E-state index contributed by atoms with van der Waals surface area (Å²) in [4.78, 5) is 0. The summed E-state index contributed by atoms with van der Waals surface area (Å²) < 4.78 is 0. The van der Waals surface area contributed by atoms with Crippen molar-refractivity contribution in [2.75, 3.05) is 0 Å². The van der Waals surface area contributed by atoms with Crippen LogP contribution in [0.15, 0.2) is 30.3 Å². The lowest BCUT2D eigenvalue weighted by Crippen LogP contribution is -2.50. The Morgan fingerprint density at radius 3 is 2.36 bits per heavy atom. The largest absolute Gasteiger partial charge is 0.324 e. The molecule has 0 saturated carbocycles. The lowest BCUT2D eigenvalue weighted by atomic mass is 9.97. The van der Waals surface area contributed by atoms with Crippen molar-refractivity contribution in [3.8, 4) is 0 Å². The molecule has 1 aromatic carbocycles. The van der Waals surface area contributed by atoms with E-state index >= 15 is 0 Å². The summed E-state index contributed by atoms with van der Waals surface area (Å²) in [6, 6.07) is 10.7. The van der Waals surface area contributed by atoms with E-state index in [2.05, 4.69) is 36.5 Å². The minimum atomic E-state index is -0.172. The van der Waals surface area contributed by atoms with Crippen LogP contribution in [-0.4, -0.2) is 11.6 Å². The molecule has 0 aliphatic heterocycles. The van der Waals surface area contributed by atoms with Crippen LogP contribution in [0.3, 0.4) is 0 Å². The van der Waals surface area contributed by atoms with Crippen molar-refractivity contribution in [2.24, 2.45) is 5.73 Å². The Labute approximate surface area is 86.5 Å². The highest BCUT2D eigenvalue weighted by molar-refractivity contribution is 5.14. The molecule has 2 heteroatoms. The fourth-order valence-electron chi connectivity index (χ4n) is 1.13. The van der Waals surface area contributed by atoms with Crippen molar-refractivity contribution in [2.45, 2.75) is 38.9 Å². The summed E-state index contributed by atoms with van der Waals surface area (Å²) in [6.07, 6.45) is 0. The van der Waals surface area contributed by atoms with Crippen molar-refractivity contribution in [1.29, 1.82) is 0 Å². The maximum atomic E-state index is 5.98. The first kappa shape index (κ1) is 11.2. The van der Waals surface area contributed by atoms with Gasteiger partial charge in [-0.2, -0.15) is 0 Å². The summed E-state index contributed by atoms with van der Waals surface area (Å²) in [7, 11) is 0. The third kappa shape index (κ3) is 3.48. The van der Waals surface area contributed by atoms with E-state index in [9.17, 15) is 0 Å². The highest BCUT2D eigenvalue weighted by atomic mass is 15.0. The predicted molar refractivity (Wildman–Crippen MR) is 61.0 cm³/mol. The van der Waals surface area contributed by atoms with Crippen molar-refractivity contribution in [1.82, 2.24) is 5.32 Å². The zero-order valence-corrected chi connectivity index (χ0v) is 9.25. The second-order valence-electron chi connectivity index (χ2n) is 4.41. The molecule has 78 valence electrons.